The SMILES string of the molecule is CC(F)c1nc2oc(=O)cc(CCC3CC3)c2c(=O)[nH]1.CCCCc1cc(=O)oc2nc(C(C)F)[nH]c(=O)c12.CCCCc1cc(=O)oc2nc(C)[nH]c(=O)c12.CCc1cc(=O)oc2c1C(=O)CC=N2.CCc1nc2oc(=O)cc(CCCSC)c2c(=O)[nH]1.Cc1nc2oc(=O)cc(CCC3CCCC3)c2c(=O)[nH]1.Cc1nc2oc(=O)cc(CCCC3CC3)c2c(=O)[nH]1. The first-order chi connectivity index (χ1) is 61.3. The molecule has 2 unspecified atom stereocenters. The Bertz CT molecular complexity index is 7100. The van der Waals surface area contributed by atoms with E-state index in [0.717, 1.165) is 104 Å². The molecular formula is C91H103F2N13O21S. The van der Waals surface area contributed by atoms with Crippen molar-refractivity contribution in [1.29, 1.82) is 0 Å². The second kappa shape index (κ2) is 44.5. The van der Waals surface area contributed by atoms with Crippen molar-refractivity contribution in [2.45, 2.75) is 242 Å². The number of carbonyl (C=O) groups is 1. The van der Waals surface area contributed by atoms with E-state index in [1.54, 1.807) is 32.5 Å². The van der Waals surface area contributed by atoms with Crippen LogP contribution in [0.5, 0.6) is 0 Å². The van der Waals surface area contributed by atoms with Gasteiger partial charge in [0.25, 0.3) is 33.4 Å². The standard InChI is InChI=1S/C15H18N2O3.C14H15FN2O3.C14H16N2O3.C13H15FN2O3.C13H16N2O3S.C12H14N2O3.C10H9NO3/c1-9-16-14(19)13-11(7-6-10-4-2-3-5-10)8-12(18)20-15(13)17-9;1-7(15)12-16-13(19)11-9(5-4-8-2-3-8)6-10(18)20-14(11)17-12;1-8-15-13(18)12-10(4-2-3-9-5-6-9)7-11(17)19-14(12)16-8;1-3-4-5-8-6-9(17)19-13-10(8)12(18)15-11(16-13)7(2)14;1-3-9-14-12(17)11-8(5-4-6-19-2)7-10(16)18-13(11)15-9;1-3-4-5-8-6-9(15)17-12-10(8)11(16)13-7(2)14-12;1-2-6-5-8(13)14-10-9(6)7(12)3-4-11-10/h8,10H,2-7H2,1H3,(H,16,17,19);6-8H,2-5H2,1H3,(H,16,17,19);7,9H,2-6H2,1H3,(H,15,16,18);6-7H,3-5H2,1-2H3,(H,15,16,18);7H,3-6H2,1-2H3,(H,14,15,17);6H,3-5H2,1-2H3,(H,13,14,16);4-5H,2-3H2,1H3. The smallest absolute Gasteiger partial charge is 0.337 e. The van der Waals surface area contributed by atoms with Gasteiger partial charge < -0.3 is 60.8 Å². The van der Waals surface area contributed by atoms with Gasteiger partial charge in [-0.05, 0) is 187 Å². The second-order valence-electron chi connectivity index (χ2n) is 32.0. The number of nitrogens with zero attached hydrogens (tertiary/aromatic N) is 7. The van der Waals surface area contributed by atoms with E-state index in [-0.39, 0.29) is 97.0 Å². The first-order valence-corrected chi connectivity index (χ1v) is 44.5. The highest BCUT2D eigenvalue weighted by Crippen LogP contribution is 2.36. The minimum Gasteiger partial charge on any atom is -0.403 e. The molecule has 0 saturated heterocycles. The number of nitrogens with one attached hydrogen (secondary N) is 6. The van der Waals surface area contributed by atoms with Gasteiger partial charge in [-0.25, -0.2) is 47.3 Å². The van der Waals surface area contributed by atoms with Crippen LogP contribution in [0.1, 0.15) is 254 Å². The number of aryl methyl sites for hydroxylation is 11. The zero-order chi connectivity index (χ0) is 92.2. The van der Waals surface area contributed by atoms with Gasteiger partial charge in [0.2, 0.25) is 40.2 Å². The zero-order valence-corrected chi connectivity index (χ0v) is 73.8. The number of H-pyrrole nitrogens is 6. The Hall–Kier alpha value is -13.0. The minimum absolute atomic E-state index is 0.0319. The molecule has 6 N–H and O–H groups in total. The van der Waals surface area contributed by atoms with E-state index in [0.29, 0.717) is 112 Å². The summed E-state index contributed by atoms with van der Waals surface area (Å²) in [5, 5.41) is 2.13. The number of alkyl halides is 2. The highest BCUT2D eigenvalue weighted by molar-refractivity contribution is 7.98. The molecule has 13 aromatic rings. The van der Waals surface area contributed by atoms with Crippen LogP contribution >= 0.6 is 11.8 Å². The summed E-state index contributed by atoms with van der Waals surface area (Å²) >= 11 is 1.74. The molecule has 4 aliphatic rings. The lowest BCUT2D eigenvalue weighted by Gasteiger charge is -2.09. The number of hydrogen-bond donors (Lipinski definition) is 6. The van der Waals surface area contributed by atoms with Crippen LogP contribution in [0.25, 0.3) is 66.6 Å². The van der Waals surface area contributed by atoms with E-state index in [9.17, 15) is 75.9 Å². The summed E-state index contributed by atoms with van der Waals surface area (Å²) in [6.45, 7) is 15.3. The Morgan fingerprint density at radius 2 is 0.695 bits per heavy atom. The Kier molecular flexibility index (Phi) is 33.2. The Morgan fingerprint density at radius 1 is 0.375 bits per heavy atom. The van der Waals surface area contributed by atoms with Crippen molar-refractivity contribution in [1.82, 2.24) is 59.8 Å². The van der Waals surface area contributed by atoms with Gasteiger partial charge in [-0.3, -0.25) is 33.6 Å². The summed E-state index contributed by atoms with van der Waals surface area (Å²) in [4.78, 5) is 207. The lowest BCUT2D eigenvalue weighted by atomic mass is 9.97. The highest BCUT2D eigenvalue weighted by atomic mass is 32.2. The summed E-state index contributed by atoms with van der Waals surface area (Å²) in [6.07, 6.45) is 25.1. The summed E-state index contributed by atoms with van der Waals surface area (Å²) in [7, 11) is 0. The van der Waals surface area contributed by atoms with Crippen LogP contribution < -0.4 is 72.7 Å². The number of aliphatic imine (C=N–C) groups is 1. The third-order valence-electron chi connectivity index (χ3n) is 21.8. The molecule has 0 aromatic carbocycles. The third-order valence-corrected chi connectivity index (χ3v) is 22.5. The van der Waals surface area contributed by atoms with E-state index < -0.39 is 62.8 Å². The first-order valence-electron chi connectivity index (χ1n) is 43.1. The molecule has 3 saturated carbocycles. The molecule has 128 heavy (non-hydrogen) atoms. The maximum Gasteiger partial charge on any atom is 0.337 e. The number of hydrogen-bond acceptors (Lipinski definition) is 29. The molecule has 34 nitrogen and oxygen atoms in total. The number of aromatic amines is 6. The van der Waals surface area contributed by atoms with Gasteiger partial charge in [0.15, 0.2) is 18.1 Å². The van der Waals surface area contributed by atoms with Crippen LogP contribution in [0, 0.1) is 38.5 Å². The molecule has 2 atom stereocenters. The maximum absolute atomic E-state index is 13.3. The van der Waals surface area contributed by atoms with Crippen LogP contribution in [0.15, 0.2) is 141 Å². The van der Waals surface area contributed by atoms with Gasteiger partial charge in [0, 0.05) is 61.5 Å². The van der Waals surface area contributed by atoms with Crippen molar-refractivity contribution in [2.75, 3.05) is 12.0 Å². The van der Waals surface area contributed by atoms with E-state index in [1.165, 1.54) is 120 Å². The van der Waals surface area contributed by atoms with E-state index in [2.05, 4.69) is 71.7 Å². The van der Waals surface area contributed by atoms with Gasteiger partial charge in [-0.15, -0.1) is 0 Å². The summed E-state index contributed by atoms with van der Waals surface area (Å²) in [5.41, 5.74) is 0.543. The fraction of sp³-hybridized carbons (Fsp3) is 0.462. The number of unbranched alkanes of at least 4 members (excludes halogenated alkanes) is 2. The number of aromatic nitrogens is 12. The van der Waals surface area contributed by atoms with Crippen molar-refractivity contribution in [3.05, 3.63) is 257 Å². The predicted octanol–water partition coefficient (Wildman–Crippen LogP) is 13.5. The molecule has 3 fully saturated rings. The summed E-state index contributed by atoms with van der Waals surface area (Å²) in [6, 6.07) is 9.62. The lowest BCUT2D eigenvalue weighted by Crippen LogP contribution is -2.16. The normalized spacial score (nSPS) is 13.9. The number of carbonyl (C=O) groups excluding carboxylic acids is 1. The number of rotatable bonds is 24. The summed E-state index contributed by atoms with van der Waals surface area (Å²) < 4.78 is 61.2. The van der Waals surface area contributed by atoms with Gasteiger partial charge in [0.05, 0.1) is 5.56 Å². The van der Waals surface area contributed by atoms with Crippen LogP contribution in [0.2, 0.25) is 0 Å². The average molecular weight is 1780 g/mol. The fourth-order valence-corrected chi connectivity index (χ4v) is 15.5. The van der Waals surface area contributed by atoms with E-state index in [1.807, 2.05) is 27.0 Å². The molecular weight excluding hydrogens is 1680 g/mol. The van der Waals surface area contributed by atoms with Crippen molar-refractivity contribution in [3.63, 3.8) is 0 Å². The number of thioether (sulfide) groups is 1. The number of fused-ring (bicyclic) bond motifs is 7. The molecule has 17 rings (SSSR count). The lowest BCUT2D eigenvalue weighted by molar-refractivity contribution is 0.0997. The Balaban J connectivity index is 0.000000145. The third kappa shape index (κ3) is 25.7. The summed E-state index contributed by atoms with van der Waals surface area (Å²) in [5.74, 6) is 5.00. The number of ketones is 1. The Labute approximate surface area is 730 Å². The molecule has 678 valence electrons. The monoisotopic (exact) mass is 1780 g/mol. The van der Waals surface area contributed by atoms with Crippen molar-refractivity contribution < 1.29 is 44.5 Å². The van der Waals surface area contributed by atoms with Crippen LogP contribution in [-0.4, -0.2) is 83.8 Å². The molecule has 3 aliphatic carbocycles. The zero-order valence-electron chi connectivity index (χ0n) is 73.0. The molecule has 13 aromatic heterocycles. The molecule has 0 amide bonds. The second-order valence-corrected chi connectivity index (χ2v) is 32.9. The van der Waals surface area contributed by atoms with Gasteiger partial charge >= 0.3 is 39.4 Å². The largest absolute Gasteiger partial charge is 0.403 e. The van der Waals surface area contributed by atoms with Crippen molar-refractivity contribution >= 4 is 96.2 Å². The van der Waals surface area contributed by atoms with Crippen LogP contribution in [0.4, 0.5) is 14.7 Å². The molecule has 1 aliphatic heterocycles. The quantitative estimate of drug-likeness (QED) is 0.0306. The maximum atomic E-state index is 13.3. The molecule has 37 heteroatoms. The number of Topliss-reactive ketones (excluding diaryl/α,β-unsaturated/α-hetero) is 1. The average Bonchev–Trinajstić information content (AvgIpc) is 0.876. The first kappa shape index (κ1) is 95.7. The molecule has 0 bridgehead atoms. The molecule has 0 spiro atoms. The van der Waals surface area contributed by atoms with Gasteiger partial charge in [-0.2, -0.15) is 41.7 Å². The minimum atomic E-state index is -1.43. The molecule has 0 radical (unpaired) electrons. The topological polar surface area (TPSA) is 515 Å². The van der Waals surface area contributed by atoms with Gasteiger partial charge in [0.1, 0.15) is 67.3 Å². The van der Waals surface area contributed by atoms with E-state index >= 15 is 0 Å². The van der Waals surface area contributed by atoms with E-state index in [4.69, 9.17) is 30.9 Å². The van der Waals surface area contributed by atoms with Crippen molar-refractivity contribution in [2.24, 2.45) is 22.7 Å². The highest BCUT2D eigenvalue weighted by Gasteiger charge is 2.27. The van der Waals surface area contributed by atoms with Crippen LogP contribution in [-0.2, 0) is 51.4 Å². The van der Waals surface area contributed by atoms with Gasteiger partial charge in [-0.1, -0.05) is 98.3 Å². The number of halogens is 2. The Morgan fingerprint density at radius 3 is 1.05 bits per heavy atom. The fourth-order valence-electron chi connectivity index (χ4n) is 15.1. The van der Waals surface area contributed by atoms with Crippen molar-refractivity contribution in [3.8, 4) is 0 Å². The molecule has 14 heterocycles. The predicted molar refractivity (Wildman–Crippen MR) is 480 cm³/mol. The van der Waals surface area contributed by atoms with Crippen LogP contribution in [0.3, 0.4) is 0 Å².